The van der Waals surface area contributed by atoms with Gasteiger partial charge in [-0.15, -0.1) is 0 Å². The van der Waals surface area contributed by atoms with Crippen LogP contribution in [-0.2, 0) is 14.3 Å². The summed E-state index contributed by atoms with van der Waals surface area (Å²) < 4.78 is 4.82. The Labute approximate surface area is 82.6 Å². The molecule has 0 fully saturated rings. The lowest BCUT2D eigenvalue weighted by molar-refractivity contribution is -0.136. The molecule has 0 spiro atoms. The Morgan fingerprint density at radius 3 is 2.57 bits per heavy atom. The molecule has 0 aromatic rings. The van der Waals surface area contributed by atoms with Gasteiger partial charge in [0, 0.05) is 13.2 Å². The van der Waals surface area contributed by atoms with Crippen molar-refractivity contribution in [1.29, 1.82) is 0 Å². The maximum atomic E-state index is 11.1. The van der Waals surface area contributed by atoms with E-state index in [2.05, 4.69) is 10.6 Å². The molecule has 6 nitrogen and oxygen atoms in total. The van der Waals surface area contributed by atoms with Gasteiger partial charge in [-0.05, 0) is 6.92 Å². The molecule has 14 heavy (non-hydrogen) atoms. The van der Waals surface area contributed by atoms with Gasteiger partial charge in [0.15, 0.2) is 0 Å². The summed E-state index contributed by atoms with van der Waals surface area (Å²) in [6.07, 6.45) is 0. The minimum atomic E-state index is -0.984. The Hall–Kier alpha value is -1.14. The van der Waals surface area contributed by atoms with Crippen molar-refractivity contribution >= 4 is 11.9 Å². The Bertz CT molecular complexity index is 196. The van der Waals surface area contributed by atoms with E-state index >= 15 is 0 Å². The third-order valence-electron chi connectivity index (χ3n) is 1.39. The van der Waals surface area contributed by atoms with Crippen LogP contribution < -0.4 is 10.6 Å². The Balaban J connectivity index is 3.50. The fraction of sp³-hybridized carbons (Fsp3) is 0.750. The van der Waals surface area contributed by atoms with E-state index in [1.807, 2.05) is 0 Å². The number of carbonyl (C=O) groups is 2. The minimum absolute atomic E-state index is 0.000351. The molecule has 0 aliphatic rings. The molecule has 0 radical (unpaired) electrons. The summed E-state index contributed by atoms with van der Waals surface area (Å²) in [6.45, 7) is 2.02. The second kappa shape index (κ2) is 7.28. The highest BCUT2D eigenvalue weighted by Crippen LogP contribution is 1.81. The molecule has 3 N–H and O–H groups in total. The molecular formula is C8H16N2O4. The predicted molar refractivity (Wildman–Crippen MR) is 50.0 cm³/mol. The zero-order chi connectivity index (χ0) is 11.0. The van der Waals surface area contributed by atoms with E-state index in [1.165, 1.54) is 0 Å². The summed E-state index contributed by atoms with van der Waals surface area (Å²) in [5.41, 5.74) is 0. The average Bonchev–Trinajstić information content (AvgIpc) is 2.03. The maximum absolute atomic E-state index is 11.1. The third kappa shape index (κ3) is 7.51. The van der Waals surface area contributed by atoms with Gasteiger partial charge in [0.1, 0.15) is 0 Å². The number of carbonyl (C=O) groups excluding carboxylic acids is 1. The first-order valence-corrected chi connectivity index (χ1v) is 4.27. The summed E-state index contributed by atoms with van der Waals surface area (Å²) >= 11 is 0. The van der Waals surface area contributed by atoms with E-state index in [1.54, 1.807) is 14.0 Å². The number of rotatable bonds is 7. The number of hydrogen-bond acceptors (Lipinski definition) is 4. The standard InChI is InChI=1S/C8H16N2O4/c1-6(5-14-2)10-7(11)3-9-4-8(12)13/h6,9H,3-5H2,1-2H3,(H,10,11)(H,12,13). The van der Waals surface area contributed by atoms with Crippen LogP contribution in [0.5, 0.6) is 0 Å². The van der Waals surface area contributed by atoms with Crippen molar-refractivity contribution in [3.63, 3.8) is 0 Å². The van der Waals surface area contributed by atoms with Gasteiger partial charge < -0.3 is 15.2 Å². The van der Waals surface area contributed by atoms with Crippen molar-refractivity contribution in [1.82, 2.24) is 10.6 Å². The first kappa shape index (κ1) is 12.9. The Kier molecular flexibility index (Phi) is 6.69. The maximum Gasteiger partial charge on any atom is 0.317 e. The predicted octanol–water partition coefficient (Wildman–Crippen LogP) is -1.19. The summed E-state index contributed by atoms with van der Waals surface area (Å²) in [5, 5.41) is 13.4. The van der Waals surface area contributed by atoms with Crippen molar-refractivity contribution in [3.8, 4) is 0 Å². The molecule has 0 aliphatic heterocycles. The topological polar surface area (TPSA) is 87.7 Å². The number of ether oxygens (including phenoxy) is 1. The third-order valence-corrected chi connectivity index (χ3v) is 1.39. The van der Waals surface area contributed by atoms with Crippen LogP contribution in [0, 0.1) is 0 Å². The van der Waals surface area contributed by atoms with Crippen LogP contribution in [0.1, 0.15) is 6.92 Å². The molecule has 1 amide bonds. The van der Waals surface area contributed by atoms with Crippen LogP contribution in [0.2, 0.25) is 0 Å². The summed E-state index contributed by atoms with van der Waals surface area (Å²) in [5.74, 6) is -1.22. The molecule has 0 bridgehead atoms. The van der Waals surface area contributed by atoms with E-state index in [4.69, 9.17) is 9.84 Å². The van der Waals surface area contributed by atoms with Crippen LogP contribution in [0.15, 0.2) is 0 Å². The average molecular weight is 204 g/mol. The Morgan fingerprint density at radius 1 is 1.43 bits per heavy atom. The summed E-state index contributed by atoms with van der Waals surface area (Å²) in [7, 11) is 1.55. The molecule has 1 atom stereocenters. The van der Waals surface area contributed by atoms with Crippen LogP contribution >= 0.6 is 0 Å². The lowest BCUT2D eigenvalue weighted by atomic mass is 10.3. The van der Waals surface area contributed by atoms with E-state index in [0.717, 1.165) is 0 Å². The normalized spacial score (nSPS) is 12.1. The van der Waals surface area contributed by atoms with Crippen LogP contribution in [-0.4, -0.2) is 49.8 Å². The number of nitrogens with one attached hydrogen (secondary N) is 2. The minimum Gasteiger partial charge on any atom is -0.480 e. The second-order valence-corrected chi connectivity index (χ2v) is 2.92. The van der Waals surface area contributed by atoms with Gasteiger partial charge in [-0.2, -0.15) is 0 Å². The van der Waals surface area contributed by atoms with E-state index in [0.29, 0.717) is 6.61 Å². The summed E-state index contributed by atoms with van der Waals surface area (Å²) in [6, 6.07) is -0.0703. The highest BCUT2D eigenvalue weighted by atomic mass is 16.5. The highest BCUT2D eigenvalue weighted by molar-refractivity contribution is 5.79. The molecule has 0 rings (SSSR count). The van der Waals surface area contributed by atoms with Crippen molar-refractivity contribution in [2.75, 3.05) is 26.8 Å². The van der Waals surface area contributed by atoms with Crippen molar-refractivity contribution in [2.24, 2.45) is 0 Å². The van der Waals surface area contributed by atoms with E-state index < -0.39 is 5.97 Å². The van der Waals surface area contributed by atoms with Gasteiger partial charge in [0.05, 0.1) is 19.7 Å². The first-order valence-electron chi connectivity index (χ1n) is 4.27. The van der Waals surface area contributed by atoms with Gasteiger partial charge >= 0.3 is 5.97 Å². The quantitative estimate of drug-likeness (QED) is 0.485. The van der Waals surface area contributed by atoms with Gasteiger partial charge in [0.25, 0.3) is 0 Å². The largest absolute Gasteiger partial charge is 0.480 e. The van der Waals surface area contributed by atoms with Gasteiger partial charge in [-0.1, -0.05) is 0 Å². The number of hydrogen-bond donors (Lipinski definition) is 3. The van der Waals surface area contributed by atoms with Crippen molar-refractivity contribution < 1.29 is 19.4 Å². The fourth-order valence-electron chi connectivity index (χ4n) is 0.900. The molecule has 0 aromatic heterocycles. The molecule has 6 heteroatoms. The van der Waals surface area contributed by atoms with Gasteiger partial charge in [0.2, 0.25) is 5.91 Å². The van der Waals surface area contributed by atoms with E-state index in [-0.39, 0.29) is 25.0 Å². The smallest absolute Gasteiger partial charge is 0.317 e. The first-order chi connectivity index (χ1) is 6.56. The van der Waals surface area contributed by atoms with Crippen LogP contribution in [0.25, 0.3) is 0 Å². The molecule has 82 valence electrons. The molecule has 0 saturated carbocycles. The van der Waals surface area contributed by atoms with Crippen LogP contribution in [0.4, 0.5) is 0 Å². The molecule has 0 heterocycles. The molecular weight excluding hydrogens is 188 g/mol. The van der Waals surface area contributed by atoms with Gasteiger partial charge in [-0.25, -0.2) is 0 Å². The van der Waals surface area contributed by atoms with Crippen molar-refractivity contribution in [2.45, 2.75) is 13.0 Å². The number of methoxy groups -OCH3 is 1. The highest BCUT2D eigenvalue weighted by Gasteiger charge is 2.06. The van der Waals surface area contributed by atoms with Gasteiger partial charge in [-0.3, -0.25) is 14.9 Å². The molecule has 0 saturated heterocycles. The second-order valence-electron chi connectivity index (χ2n) is 2.92. The fourth-order valence-corrected chi connectivity index (χ4v) is 0.900. The monoisotopic (exact) mass is 204 g/mol. The number of amides is 1. The number of aliphatic carboxylic acids is 1. The van der Waals surface area contributed by atoms with Crippen LogP contribution in [0.3, 0.4) is 0 Å². The number of carboxylic acid groups (broad SMARTS) is 1. The summed E-state index contributed by atoms with van der Waals surface area (Å²) in [4.78, 5) is 21.2. The molecule has 0 aliphatic carbocycles. The zero-order valence-electron chi connectivity index (χ0n) is 8.37. The Morgan fingerprint density at radius 2 is 2.07 bits per heavy atom. The molecule has 1 unspecified atom stereocenters. The van der Waals surface area contributed by atoms with Crippen molar-refractivity contribution in [3.05, 3.63) is 0 Å². The lowest BCUT2D eigenvalue weighted by Gasteiger charge is -2.12. The van der Waals surface area contributed by atoms with E-state index in [9.17, 15) is 9.59 Å². The molecule has 0 aromatic carbocycles. The number of carboxylic acids is 1. The SMILES string of the molecule is COCC(C)NC(=O)CNCC(=O)O. The zero-order valence-corrected chi connectivity index (χ0v) is 8.37. The lowest BCUT2D eigenvalue weighted by Crippen LogP contribution is -2.41.